The van der Waals surface area contributed by atoms with Crippen LogP contribution in [0.15, 0.2) is 0 Å². The summed E-state index contributed by atoms with van der Waals surface area (Å²) < 4.78 is 4.80. The van der Waals surface area contributed by atoms with Gasteiger partial charge in [-0.15, -0.1) is 11.3 Å². The van der Waals surface area contributed by atoms with Crippen molar-refractivity contribution in [1.82, 2.24) is 4.98 Å². The van der Waals surface area contributed by atoms with E-state index in [1.54, 1.807) is 14.0 Å². The van der Waals surface area contributed by atoms with Crippen LogP contribution in [0.25, 0.3) is 0 Å². The summed E-state index contributed by atoms with van der Waals surface area (Å²) in [6, 6.07) is 0. The van der Waals surface area contributed by atoms with Crippen molar-refractivity contribution in [3.8, 4) is 0 Å². The second-order valence-electron chi connectivity index (χ2n) is 2.85. The number of aromatic nitrogens is 1. The molecule has 1 heterocycles. The topological polar surface area (TPSA) is 59.4 Å². The lowest BCUT2D eigenvalue weighted by molar-refractivity contribution is 0.0931. The number of carbonyl (C=O) groups excluding carboxylic acids is 1. The van der Waals surface area contributed by atoms with E-state index in [4.69, 9.17) is 9.84 Å². The second-order valence-corrected chi connectivity index (χ2v) is 3.94. The highest BCUT2D eigenvalue weighted by Gasteiger charge is 2.13. The predicted octanol–water partition coefficient (Wildman–Crippen LogP) is 1.16. The van der Waals surface area contributed by atoms with Crippen LogP contribution in [0.5, 0.6) is 0 Å². The summed E-state index contributed by atoms with van der Waals surface area (Å²) in [5.41, 5.74) is 0.735. The first-order valence-electron chi connectivity index (χ1n) is 4.28. The zero-order valence-electron chi connectivity index (χ0n) is 8.24. The molecule has 0 saturated heterocycles. The molecule has 0 amide bonds. The number of thiazole rings is 1. The van der Waals surface area contributed by atoms with E-state index in [0.717, 1.165) is 10.6 Å². The van der Waals surface area contributed by atoms with Gasteiger partial charge in [-0.1, -0.05) is 0 Å². The van der Waals surface area contributed by atoms with Gasteiger partial charge in [0.1, 0.15) is 0 Å². The number of nitrogens with zero attached hydrogens (tertiary/aromatic N) is 1. The van der Waals surface area contributed by atoms with Gasteiger partial charge in [0.25, 0.3) is 0 Å². The van der Waals surface area contributed by atoms with E-state index in [2.05, 4.69) is 4.98 Å². The predicted molar refractivity (Wildman–Crippen MR) is 53.6 cm³/mol. The van der Waals surface area contributed by atoms with Gasteiger partial charge >= 0.3 is 0 Å². The molecule has 0 saturated carbocycles. The number of carbonyl (C=O) groups is 1. The van der Waals surface area contributed by atoms with Crippen LogP contribution < -0.4 is 0 Å². The molecule has 0 aliphatic heterocycles. The Morgan fingerprint density at radius 3 is 2.86 bits per heavy atom. The fraction of sp³-hybridized carbons (Fsp3) is 0.556. The third kappa shape index (κ3) is 2.60. The molecule has 0 aromatic carbocycles. The van der Waals surface area contributed by atoms with Gasteiger partial charge in [-0.3, -0.25) is 4.79 Å². The molecule has 0 unspecified atom stereocenters. The van der Waals surface area contributed by atoms with Gasteiger partial charge < -0.3 is 9.84 Å². The maximum Gasteiger partial charge on any atom is 0.193 e. The number of Topliss-reactive ketones (excluding diaryl/α,β-unsaturated/α-hetero) is 1. The van der Waals surface area contributed by atoms with Crippen molar-refractivity contribution in [2.24, 2.45) is 0 Å². The van der Waals surface area contributed by atoms with Crippen molar-refractivity contribution in [2.75, 3.05) is 13.7 Å². The third-order valence-corrected chi connectivity index (χ3v) is 2.99. The number of ketones is 1. The Kier molecular flexibility index (Phi) is 4.19. The molecule has 1 aromatic rings. The lowest BCUT2D eigenvalue weighted by Gasteiger charge is -1.94. The lowest BCUT2D eigenvalue weighted by atomic mass is 10.3. The van der Waals surface area contributed by atoms with Gasteiger partial charge in [0.15, 0.2) is 10.8 Å². The van der Waals surface area contributed by atoms with Crippen LogP contribution in [0.3, 0.4) is 0 Å². The van der Waals surface area contributed by atoms with Crippen molar-refractivity contribution < 1.29 is 14.6 Å². The maximum absolute atomic E-state index is 11.5. The highest BCUT2D eigenvalue weighted by Crippen LogP contribution is 2.19. The Morgan fingerprint density at radius 2 is 2.36 bits per heavy atom. The quantitative estimate of drug-likeness (QED) is 0.749. The Morgan fingerprint density at radius 1 is 1.64 bits per heavy atom. The molecule has 78 valence electrons. The van der Waals surface area contributed by atoms with Crippen LogP contribution in [-0.2, 0) is 11.3 Å². The van der Waals surface area contributed by atoms with Gasteiger partial charge in [-0.05, 0) is 6.92 Å². The molecule has 0 radical (unpaired) electrons. The van der Waals surface area contributed by atoms with Gasteiger partial charge in [-0.25, -0.2) is 4.98 Å². The van der Waals surface area contributed by atoms with E-state index < -0.39 is 0 Å². The summed E-state index contributed by atoms with van der Waals surface area (Å²) in [6.07, 6.45) is 0.342. The van der Waals surface area contributed by atoms with Crippen molar-refractivity contribution >= 4 is 17.1 Å². The van der Waals surface area contributed by atoms with Crippen molar-refractivity contribution in [1.29, 1.82) is 0 Å². The molecule has 0 bridgehead atoms. The molecule has 1 rings (SSSR count). The first-order chi connectivity index (χ1) is 6.69. The minimum atomic E-state index is -0.0545. The number of ether oxygens (including phenoxy) is 1. The molecule has 1 N–H and O–H groups in total. The fourth-order valence-electron chi connectivity index (χ4n) is 0.996. The molecule has 0 fully saturated rings. The van der Waals surface area contributed by atoms with E-state index in [-0.39, 0.29) is 12.4 Å². The molecule has 0 aliphatic carbocycles. The maximum atomic E-state index is 11.5. The molecular formula is C9H13NO3S. The molecule has 0 atom stereocenters. The number of aryl methyl sites for hydroxylation is 1. The highest BCUT2D eigenvalue weighted by molar-refractivity contribution is 7.13. The third-order valence-electron chi connectivity index (χ3n) is 1.81. The lowest BCUT2D eigenvalue weighted by Crippen LogP contribution is -2.02. The van der Waals surface area contributed by atoms with E-state index in [1.807, 2.05) is 0 Å². The average molecular weight is 215 g/mol. The van der Waals surface area contributed by atoms with Crippen LogP contribution in [0, 0.1) is 6.92 Å². The van der Waals surface area contributed by atoms with Gasteiger partial charge in [-0.2, -0.15) is 0 Å². The normalized spacial score (nSPS) is 10.5. The minimum Gasteiger partial charge on any atom is -0.391 e. The highest BCUT2D eigenvalue weighted by atomic mass is 32.1. The number of aliphatic hydroxyl groups excluding tert-OH is 1. The average Bonchev–Trinajstić information content (AvgIpc) is 2.56. The van der Waals surface area contributed by atoms with Crippen LogP contribution in [0.1, 0.15) is 26.8 Å². The monoisotopic (exact) mass is 215 g/mol. The number of methoxy groups -OCH3 is 1. The molecule has 14 heavy (non-hydrogen) atoms. The Labute approximate surface area is 86.6 Å². The van der Waals surface area contributed by atoms with E-state index in [0.29, 0.717) is 18.0 Å². The number of hydrogen-bond donors (Lipinski definition) is 1. The van der Waals surface area contributed by atoms with Crippen molar-refractivity contribution in [2.45, 2.75) is 20.0 Å². The van der Waals surface area contributed by atoms with Gasteiger partial charge in [0.05, 0.1) is 23.8 Å². The van der Waals surface area contributed by atoms with Crippen LogP contribution in [-0.4, -0.2) is 29.6 Å². The largest absolute Gasteiger partial charge is 0.391 e. The summed E-state index contributed by atoms with van der Waals surface area (Å²) >= 11 is 1.25. The molecular weight excluding hydrogens is 202 g/mol. The summed E-state index contributed by atoms with van der Waals surface area (Å²) in [7, 11) is 1.56. The summed E-state index contributed by atoms with van der Waals surface area (Å²) in [5.74, 6) is -0.0281. The summed E-state index contributed by atoms with van der Waals surface area (Å²) in [6.45, 7) is 2.14. The molecule has 4 nitrogen and oxygen atoms in total. The molecule has 1 aromatic heterocycles. The van der Waals surface area contributed by atoms with Crippen LogP contribution in [0.2, 0.25) is 0 Å². The minimum absolute atomic E-state index is 0.0281. The van der Waals surface area contributed by atoms with E-state index >= 15 is 0 Å². The Hall–Kier alpha value is -0.780. The Balaban J connectivity index is 2.70. The van der Waals surface area contributed by atoms with Crippen molar-refractivity contribution in [3.63, 3.8) is 0 Å². The number of rotatable bonds is 5. The second kappa shape index (κ2) is 5.19. The fourth-order valence-corrected chi connectivity index (χ4v) is 1.89. The zero-order valence-corrected chi connectivity index (χ0v) is 9.06. The van der Waals surface area contributed by atoms with Crippen LogP contribution in [0.4, 0.5) is 0 Å². The Bertz CT molecular complexity index is 322. The van der Waals surface area contributed by atoms with E-state index in [9.17, 15) is 4.79 Å². The SMILES string of the molecule is COCCC(=O)c1nc(C)c(CO)s1. The molecule has 5 heteroatoms. The summed E-state index contributed by atoms with van der Waals surface area (Å²) in [5, 5.41) is 9.39. The van der Waals surface area contributed by atoms with Crippen molar-refractivity contribution in [3.05, 3.63) is 15.6 Å². The van der Waals surface area contributed by atoms with Crippen LogP contribution >= 0.6 is 11.3 Å². The zero-order chi connectivity index (χ0) is 10.6. The summed E-state index contributed by atoms with van der Waals surface area (Å²) in [4.78, 5) is 16.3. The number of hydrogen-bond acceptors (Lipinski definition) is 5. The van der Waals surface area contributed by atoms with Gasteiger partial charge in [0.2, 0.25) is 0 Å². The smallest absolute Gasteiger partial charge is 0.193 e. The number of aliphatic hydroxyl groups is 1. The molecule has 0 aliphatic rings. The standard InChI is InChI=1S/C9H13NO3S/c1-6-8(5-11)14-9(10-6)7(12)3-4-13-2/h11H,3-5H2,1-2H3. The van der Waals surface area contributed by atoms with Gasteiger partial charge in [0, 0.05) is 13.5 Å². The first kappa shape index (κ1) is 11.3. The first-order valence-corrected chi connectivity index (χ1v) is 5.10. The molecule has 0 spiro atoms. The van der Waals surface area contributed by atoms with E-state index in [1.165, 1.54) is 11.3 Å².